The Kier molecular flexibility index (Phi) is 5.22. The van der Waals surface area contributed by atoms with Crippen molar-refractivity contribution in [2.45, 2.75) is 12.5 Å². The minimum absolute atomic E-state index is 0.0831. The number of carboxylic acids is 1. The standard InChI is InChI=1S/C17H16N2O4/c18-14(10-11-6-2-1-3-7-11)16(21)19-15(20)12-8-4-5-9-13(12)17(22)23/h1-9,14H,10,18H2,(H,22,23)(H,19,20,21)/t14-/m0/s1. The molecule has 0 bridgehead atoms. The molecule has 6 heteroatoms. The van der Waals surface area contributed by atoms with E-state index in [1.165, 1.54) is 24.3 Å². The fraction of sp³-hybridized carbons (Fsp3) is 0.118. The average molecular weight is 312 g/mol. The van der Waals surface area contributed by atoms with Crippen LogP contribution in [0.2, 0.25) is 0 Å². The van der Waals surface area contributed by atoms with E-state index in [1.807, 2.05) is 30.3 Å². The van der Waals surface area contributed by atoms with Crippen LogP contribution in [0.3, 0.4) is 0 Å². The first-order valence-electron chi connectivity index (χ1n) is 6.96. The molecule has 0 aliphatic rings. The Hall–Kier alpha value is -2.99. The maximum Gasteiger partial charge on any atom is 0.336 e. The lowest BCUT2D eigenvalue weighted by molar-refractivity contribution is -0.121. The van der Waals surface area contributed by atoms with Crippen LogP contribution in [-0.4, -0.2) is 28.9 Å². The van der Waals surface area contributed by atoms with Crippen molar-refractivity contribution in [2.24, 2.45) is 5.73 Å². The van der Waals surface area contributed by atoms with E-state index < -0.39 is 23.8 Å². The molecular weight excluding hydrogens is 296 g/mol. The molecule has 4 N–H and O–H groups in total. The average Bonchev–Trinajstić information content (AvgIpc) is 2.55. The molecule has 0 unspecified atom stereocenters. The Balaban J connectivity index is 2.05. The van der Waals surface area contributed by atoms with E-state index in [9.17, 15) is 14.4 Å². The number of rotatable bonds is 5. The molecule has 0 radical (unpaired) electrons. The van der Waals surface area contributed by atoms with Gasteiger partial charge in [0.1, 0.15) is 0 Å². The first kappa shape index (κ1) is 16.4. The number of carbonyl (C=O) groups excluding carboxylic acids is 2. The van der Waals surface area contributed by atoms with Crippen LogP contribution in [0.1, 0.15) is 26.3 Å². The molecule has 0 aromatic heterocycles. The number of hydrogen-bond acceptors (Lipinski definition) is 4. The normalized spacial score (nSPS) is 11.5. The lowest BCUT2D eigenvalue weighted by atomic mass is 10.0. The zero-order chi connectivity index (χ0) is 16.8. The van der Waals surface area contributed by atoms with Crippen molar-refractivity contribution in [3.63, 3.8) is 0 Å². The quantitative estimate of drug-likeness (QED) is 0.769. The van der Waals surface area contributed by atoms with Gasteiger partial charge in [0.25, 0.3) is 5.91 Å². The molecule has 0 spiro atoms. The van der Waals surface area contributed by atoms with Crippen molar-refractivity contribution in [1.82, 2.24) is 5.32 Å². The fourth-order valence-corrected chi connectivity index (χ4v) is 2.10. The van der Waals surface area contributed by atoms with Gasteiger partial charge in [0.05, 0.1) is 17.2 Å². The maximum absolute atomic E-state index is 12.1. The molecule has 0 aliphatic carbocycles. The predicted molar refractivity (Wildman–Crippen MR) is 84.0 cm³/mol. The predicted octanol–water partition coefficient (Wildman–Crippen LogP) is 1.21. The molecule has 0 fully saturated rings. The molecule has 2 rings (SSSR count). The Labute approximate surface area is 132 Å². The lowest BCUT2D eigenvalue weighted by Gasteiger charge is -2.12. The highest BCUT2D eigenvalue weighted by Gasteiger charge is 2.21. The molecule has 6 nitrogen and oxygen atoms in total. The highest BCUT2D eigenvalue weighted by atomic mass is 16.4. The van der Waals surface area contributed by atoms with E-state index in [1.54, 1.807) is 0 Å². The van der Waals surface area contributed by atoms with Crippen LogP contribution >= 0.6 is 0 Å². The van der Waals surface area contributed by atoms with Crippen molar-refractivity contribution >= 4 is 17.8 Å². The van der Waals surface area contributed by atoms with Gasteiger partial charge in [-0.2, -0.15) is 0 Å². The van der Waals surface area contributed by atoms with Crippen LogP contribution in [0.5, 0.6) is 0 Å². The van der Waals surface area contributed by atoms with Gasteiger partial charge in [0, 0.05) is 0 Å². The number of carbonyl (C=O) groups is 3. The molecule has 118 valence electrons. The smallest absolute Gasteiger partial charge is 0.336 e. The number of nitrogens with one attached hydrogen (secondary N) is 1. The number of nitrogens with two attached hydrogens (primary N) is 1. The van der Waals surface area contributed by atoms with Gasteiger partial charge in [-0.3, -0.25) is 14.9 Å². The zero-order valence-electron chi connectivity index (χ0n) is 12.2. The Morgan fingerprint density at radius 1 is 0.957 bits per heavy atom. The van der Waals surface area contributed by atoms with Crippen molar-refractivity contribution in [1.29, 1.82) is 0 Å². The number of hydrogen-bond donors (Lipinski definition) is 3. The second-order valence-electron chi connectivity index (χ2n) is 4.97. The molecule has 0 saturated heterocycles. The summed E-state index contributed by atoms with van der Waals surface area (Å²) in [7, 11) is 0. The second-order valence-corrected chi connectivity index (χ2v) is 4.97. The van der Waals surface area contributed by atoms with Gasteiger partial charge in [0.2, 0.25) is 5.91 Å². The first-order valence-corrected chi connectivity index (χ1v) is 6.96. The molecule has 2 aromatic carbocycles. The summed E-state index contributed by atoms with van der Waals surface area (Å²) in [5, 5.41) is 11.2. The maximum atomic E-state index is 12.1. The number of imide groups is 1. The van der Waals surface area contributed by atoms with Gasteiger partial charge < -0.3 is 10.8 Å². The van der Waals surface area contributed by atoms with Crippen LogP contribution in [0.15, 0.2) is 54.6 Å². The topological polar surface area (TPSA) is 109 Å². The minimum Gasteiger partial charge on any atom is -0.478 e. The van der Waals surface area contributed by atoms with Gasteiger partial charge >= 0.3 is 5.97 Å². The highest BCUT2D eigenvalue weighted by molar-refractivity contribution is 6.11. The molecule has 0 heterocycles. The monoisotopic (exact) mass is 312 g/mol. The van der Waals surface area contributed by atoms with Crippen molar-refractivity contribution in [3.05, 3.63) is 71.3 Å². The Bertz CT molecular complexity index is 728. The molecule has 0 saturated carbocycles. The van der Waals surface area contributed by atoms with Gasteiger partial charge in [-0.1, -0.05) is 42.5 Å². The summed E-state index contributed by atoms with van der Waals surface area (Å²) in [4.78, 5) is 35.2. The zero-order valence-corrected chi connectivity index (χ0v) is 12.2. The lowest BCUT2D eigenvalue weighted by Crippen LogP contribution is -2.44. The third-order valence-electron chi connectivity index (χ3n) is 3.27. The van der Waals surface area contributed by atoms with E-state index in [-0.39, 0.29) is 17.5 Å². The molecule has 0 aliphatic heterocycles. The Morgan fingerprint density at radius 3 is 2.13 bits per heavy atom. The number of aromatic carboxylic acids is 1. The summed E-state index contributed by atoms with van der Waals surface area (Å²) in [5.74, 6) is -2.67. The third-order valence-corrected chi connectivity index (χ3v) is 3.27. The van der Waals surface area contributed by atoms with Crippen LogP contribution in [0, 0.1) is 0 Å². The second kappa shape index (κ2) is 7.33. The third kappa shape index (κ3) is 4.24. The molecule has 1 atom stereocenters. The molecule has 2 aromatic rings. The van der Waals surface area contributed by atoms with Crippen LogP contribution in [0.4, 0.5) is 0 Å². The van der Waals surface area contributed by atoms with Gasteiger partial charge in [-0.05, 0) is 24.1 Å². The minimum atomic E-state index is -1.24. The molecule has 2 amide bonds. The van der Waals surface area contributed by atoms with Gasteiger partial charge in [0.15, 0.2) is 0 Å². The van der Waals surface area contributed by atoms with E-state index >= 15 is 0 Å². The SMILES string of the molecule is N[C@@H](Cc1ccccc1)C(=O)NC(=O)c1ccccc1C(=O)O. The van der Waals surface area contributed by atoms with E-state index in [4.69, 9.17) is 10.8 Å². The van der Waals surface area contributed by atoms with Crippen molar-refractivity contribution in [3.8, 4) is 0 Å². The largest absolute Gasteiger partial charge is 0.478 e. The van der Waals surface area contributed by atoms with Crippen LogP contribution in [0.25, 0.3) is 0 Å². The summed E-state index contributed by atoms with van der Waals surface area (Å²) < 4.78 is 0. The molecular formula is C17H16N2O4. The first-order chi connectivity index (χ1) is 11.0. The highest BCUT2D eigenvalue weighted by Crippen LogP contribution is 2.09. The summed E-state index contributed by atoms with van der Waals surface area (Å²) in [5.41, 5.74) is 6.41. The summed E-state index contributed by atoms with van der Waals surface area (Å²) in [6, 6.07) is 13.9. The van der Waals surface area contributed by atoms with Crippen LogP contribution in [-0.2, 0) is 11.2 Å². The van der Waals surface area contributed by atoms with Crippen molar-refractivity contribution < 1.29 is 19.5 Å². The van der Waals surface area contributed by atoms with E-state index in [2.05, 4.69) is 5.32 Å². The molecule has 23 heavy (non-hydrogen) atoms. The van der Waals surface area contributed by atoms with E-state index in [0.717, 1.165) is 5.56 Å². The fourth-order valence-electron chi connectivity index (χ4n) is 2.10. The van der Waals surface area contributed by atoms with Gasteiger partial charge in [-0.25, -0.2) is 4.79 Å². The number of carboxylic acid groups (broad SMARTS) is 1. The summed E-state index contributed by atoms with van der Waals surface area (Å²) >= 11 is 0. The number of amides is 2. The van der Waals surface area contributed by atoms with Gasteiger partial charge in [-0.15, -0.1) is 0 Å². The summed E-state index contributed by atoms with van der Waals surface area (Å²) in [6.07, 6.45) is 0.278. The number of benzene rings is 2. The Morgan fingerprint density at radius 2 is 1.52 bits per heavy atom. The van der Waals surface area contributed by atoms with Crippen LogP contribution < -0.4 is 11.1 Å². The summed E-state index contributed by atoms with van der Waals surface area (Å²) in [6.45, 7) is 0. The van der Waals surface area contributed by atoms with Crippen molar-refractivity contribution in [2.75, 3.05) is 0 Å². The van der Waals surface area contributed by atoms with E-state index in [0.29, 0.717) is 0 Å².